The number of nitrogens with zero attached hydrogens (tertiary/aromatic N) is 2. The van der Waals surface area contributed by atoms with E-state index in [0.717, 1.165) is 27.7 Å². The van der Waals surface area contributed by atoms with Gasteiger partial charge in [0.1, 0.15) is 12.6 Å². The molecule has 3 aliphatic heterocycles. The molecule has 1 saturated heterocycles. The third kappa shape index (κ3) is 2.66. The van der Waals surface area contributed by atoms with Gasteiger partial charge >= 0.3 is 0 Å². The van der Waals surface area contributed by atoms with Crippen LogP contribution in [0.25, 0.3) is 10.9 Å². The maximum atomic E-state index is 13.7. The minimum Gasteiger partial charge on any atom is -0.454 e. The van der Waals surface area contributed by atoms with Gasteiger partial charge in [0.25, 0.3) is 0 Å². The van der Waals surface area contributed by atoms with E-state index in [1.807, 2.05) is 57.2 Å². The molecule has 0 aliphatic carbocycles. The van der Waals surface area contributed by atoms with Crippen LogP contribution in [0.4, 0.5) is 0 Å². The lowest BCUT2D eigenvalue weighted by atomic mass is 9.85. The van der Waals surface area contributed by atoms with Crippen LogP contribution in [-0.2, 0) is 16.0 Å². The van der Waals surface area contributed by atoms with Gasteiger partial charge in [-0.1, -0.05) is 24.3 Å². The van der Waals surface area contributed by atoms with Gasteiger partial charge < -0.3 is 24.3 Å². The molecular weight excluding hydrogens is 406 g/mol. The standard InChI is InChI=1S/C25H25N3O4/c1-25(2,3)27-12-21(29)28-18(24(27)30)11-16-15-6-4-5-7-17(15)26-22(16)23(28)14-8-9-19-20(10-14)32-13-31-19/h4-10,18,23,26H,11-13H2,1-3H3/t18-,23-/m1/s1. The number of rotatable bonds is 1. The molecule has 0 unspecified atom stereocenters. The van der Waals surface area contributed by atoms with E-state index in [1.54, 1.807) is 9.80 Å². The number of nitrogens with one attached hydrogen (secondary N) is 1. The Morgan fingerprint density at radius 2 is 1.81 bits per heavy atom. The highest BCUT2D eigenvalue weighted by atomic mass is 16.7. The second-order valence-corrected chi connectivity index (χ2v) is 9.69. The predicted octanol–water partition coefficient (Wildman–Crippen LogP) is 3.38. The number of piperazine rings is 1. The lowest BCUT2D eigenvalue weighted by Gasteiger charge is -2.50. The molecule has 2 atom stereocenters. The fourth-order valence-corrected chi connectivity index (χ4v) is 5.26. The summed E-state index contributed by atoms with van der Waals surface area (Å²) in [4.78, 5) is 34.2. The van der Waals surface area contributed by atoms with E-state index in [0.29, 0.717) is 17.9 Å². The number of fused-ring (bicyclic) bond motifs is 5. The molecule has 3 aromatic rings. The summed E-state index contributed by atoms with van der Waals surface area (Å²) in [6.45, 7) is 6.19. The van der Waals surface area contributed by atoms with Crippen molar-refractivity contribution < 1.29 is 19.1 Å². The van der Waals surface area contributed by atoms with Crippen molar-refractivity contribution in [1.82, 2.24) is 14.8 Å². The number of ether oxygens (including phenoxy) is 2. The van der Waals surface area contributed by atoms with Gasteiger partial charge in [-0.3, -0.25) is 9.59 Å². The Kier molecular flexibility index (Phi) is 3.91. The van der Waals surface area contributed by atoms with Gasteiger partial charge in [0.2, 0.25) is 18.6 Å². The fourth-order valence-electron chi connectivity index (χ4n) is 5.26. The zero-order chi connectivity index (χ0) is 22.2. The summed E-state index contributed by atoms with van der Waals surface area (Å²) in [5, 5.41) is 1.10. The van der Waals surface area contributed by atoms with Crippen LogP contribution in [0.3, 0.4) is 0 Å². The Balaban J connectivity index is 1.55. The third-order valence-corrected chi connectivity index (χ3v) is 6.79. The third-order valence-electron chi connectivity index (χ3n) is 6.79. The molecule has 7 nitrogen and oxygen atoms in total. The van der Waals surface area contributed by atoms with E-state index in [1.165, 1.54) is 0 Å². The first-order chi connectivity index (χ1) is 15.3. The first-order valence-corrected chi connectivity index (χ1v) is 10.9. The largest absolute Gasteiger partial charge is 0.454 e. The smallest absolute Gasteiger partial charge is 0.246 e. The number of aromatic amines is 1. The summed E-state index contributed by atoms with van der Waals surface area (Å²) in [5.41, 5.74) is 3.55. The predicted molar refractivity (Wildman–Crippen MR) is 119 cm³/mol. The molecule has 164 valence electrons. The van der Waals surface area contributed by atoms with Crippen molar-refractivity contribution in [3.63, 3.8) is 0 Å². The molecule has 2 aromatic carbocycles. The number of amides is 2. The van der Waals surface area contributed by atoms with Crippen LogP contribution >= 0.6 is 0 Å². The number of hydrogen-bond donors (Lipinski definition) is 1. The van der Waals surface area contributed by atoms with Crippen molar-refractivity contribution in [2.24, 2.45) is 0 Å². The molecule has 2 amide bonds. The summed E-state index contributed by atoms with van der Waals surface area (Å²) in [6.07, 6.45) is 0.498. The van der Waals surface area contributed by atoms with Crippen LogP contribution in [-0.4, -0.2) is 51.5 Å². The van der Waals surface area contributed by atoms with Gasteiger partial charge in [0.05, 0.1) is 6.04 Å². The summed E-state index contributed by atoms with van der Waals surface area (Å²) < 4.78 is 11.1. The van der Waals surface area contributed by atoms with Crippen LogP contribution in [0.15, 0.2) is 42.5 Å². The number of hydrogen-bond acceptors (Lipinski definition) is 4. The molecule has 4 heterocycles. The van der Waals surface area contributed by atoms with Gasteiger partial charge in [0, 0.05) is 28.6 Å². The minimum absolute atomic E-state index is 0.00113. The summed E-state index contributed by atoms with van der Waals surface area (Å²) in [5.74, 6) is 1.31. The summed E-state index contributed by atoms with van der Waals surface area (Å²) in [6, 6.07) is 12.9. The van der Waals surface area contributed by atoms with Crippen molar-refractivity contribution in [2.75, 3.05) is 13.3 Å². The molecule has 6 rings (SSSR count). The maximum Gasteiger partial charge on any atom is 0.246 e. The second-order valence-electron chi connectivity index (χ2n) is 9.69. The molecule has 0 radical (unpaired) electrons. The van der Waals surface area contributed by atoms with Crippen molar-refractivity contribution in [2.45, 2.75) is 44.8 Å². The van der Waals surface area contributed by atoms with Crippen LogP contribution < -0.4 is 9.47 Å². The Morgan fingerprint density at radius 3 is 2.62 bits per heavy atom. The molecular formula is C25H25N3O4. The molecule has 0 spiro atoms. The SMILES string of the molecule is CC(C)(C)N1CC(=O)N2[C@H](c3ccc4c(c3)OCO4)c3[nH]c4ccccc4c3C[C@@H]2C1=O. The lowest BCUT2D eigenvalue weighted by molar-refractivity contribution is -0.163. The number of benzene rings is 2. The average Bonchev–Trinajstić information content (AvgIpc) is 3.37. The maximum absolute atomic E-state index is 13.7. The molecule has 32 heavy (non-hydrogen) atoms. The van der Waals surface area contributed by atoms with Crippen LogP contribution in [0.5, 0.6) is 11.5 Å². The van der Waals surface area contributed by atoms with E-state index < -0.39 is 17.6 Å². The van der Waals surface area contributed by atoms with Gasteiger partial charge in [-0.15, -0.1) is 0 Å². The van der Waals surface area contributed by atoms with Crippen LogP contribution in [0.1, 0.15) is 43.6 Å². The minimum atomic E-state index is -0.544. The molecule has 1 aromatic heterocycles. The number of carbonyl (C=O) groups is 2. The molecule has 0 saturated carbocycles. The van der Waals surface area contributed by atoms with Gasteiger partial charge in [-0.05, 0) is 50.1 Å². The molecule has 1 N–H and O–H groups in total. The number of aromatic nitrogens is 1. The first kappa shape index (κ1) is 19.2. The summed E-state index contributed by atoms with van der Waals surface area (Å²) >= 11 is 0. The van der Waals surface area contributed by atoms with E-state index in [9.17, 15) is 9.59 Å². The fraction of sp³-hybridized carbons (Fsp3) is 0.360. The second kappa shape index (κ2) is 6.51. The zero-order valence-corrected chi connectivity index (χ0v) is 18.3. The Morgan fingerprint density at radius 1 is 1.03 bits per heavy atom. The molecule has 0 bridgehead atoms. The van der Waals surface area contributed by atoms with Crippen LogP contribution in [0.2, 0.25) is 0 Å². The van der Waals surface area contributed by atoms with Crippen molar-refractivity contribution in [3.8, 4) is 11.5 Å². The lowest BCUT2D eigenvalue weighted by Crippen LogP contribution is -2.66. The van der Waals surface area contributed by atoms with E-state index in [4.69, 9.17) is 9.47 Å². The van der Waals surface area contributed by atoms with E-state index >= 15 is 0 Å². The van der Waals surface area contributed by atoms with Crippen LogP contribution in [0, 0.1) is 0 Å². The molecule has 3 aliphatic rings. The number of para-hydroxylation sites is 1. The molecule has 1 fully saturated rings. The Labute approximate surface area is 185 Å². The topological polar surface area (TPSA) is 74.9 Å². The normalized spacial score (nSPS) is 22.3. The Hall–Kier alpha value is -3.48. The molecule has 7 heteroatoms. The van der Waals surface area contributed by atoms with Gasteiger partial charge in [0.15, 0.2) is 11.5 Å². The van der Waals surface area contributed by atoms with Gasteiger partial charge in [-0.25, -0.2) is 0 Å². The number of H-pyrrole nitrogens is 1. The average molecular weight is 431 g/mol. The van der Waals surface area contributed by atoms with Crippen molar-refractivity contribution >= 4 is 22.7 Å². The van der Waals surface area contributed by atoms with E-state index in [2.05, 4.69) is 11.1 Å². The highest BCUT2D eigenvalue weighted by Crippen LogP contribution is 2.45. The van der Waals surface area contributed by atoms with E-state index in [-0.39, 0.29) is 25.2 Å². The monoisotopic (exact) mass is 431 g/mol. The first-order valence-electron chi connectivity index (χ1n) is 10.9. The highest BCUT2D eigenvalue weighted by Gasteiger charge is 2.50. The van der Waals surface area contributed by atoms with Crippen molar-refractivity contribution in [1.29, 1.82) is 0 Å². The summed E-state index contributed by atoms with van der Waals surface area (Å²) in [7, 11) is 0. The quantitative estimate of drug-likeness (QED) is 0.641. The highest BCUT2D eigenvalue weighted by molar-refractivity contribution is 5.98. The van der Waals surface area contributed by atoms with Crippen molar-refractivity contribution in [3.05, 3.63) is 59.3 Å². The van der Waals surface area contributed by atoms with Gasteiger partial charge in [-0.2, -0.15) is 0 Å². The Bertz CT molecular complexity index is 1270. The zero-order valence-electron chi connectivity index (χ0n) is 18.3. The number of carbonyl (C=O) groups excluding carboxylic acids is 2.